The maximum atomic E-state index is 13.2. The minimum atomic E-state index is -0.0397. The van der Waals surface area contributed by atoms with Crippen LogP contribution in [0.1, 0.15) is 35.7 Å². The molecule has 0 aliphatic carbocycles. The van der Waals surface area contributed by atoms with Crippen molar-refractivity contribution in [2.24, 2.45) is 0 Å². The number of carbonyl (C=O) groups excluding carboxylic acids is 1. The predicted molar refractivity (Wildman–Crippen MR) is 119 cm³/mol. The van der Waals surface area contributed by atoms with Gasteiger partial charge in [0.25, 0.3) is 0 Å². The van der Waals surface area contributed by atoms with Crippen LogP contribution in [0.4, 0.5) is 5.95 Å². The van der Waals surface area contributed by atoms with Crippen LogP contribution in [0.3, 0.4) is 0 Å². The van der Waals surface area contributed by atoms with Gasteiger partial charge < -0.3 is 14.5 Å². The summed E-state index contributed by atoms with van der Waals surface area (Å²) in [5.41, 5.74) is 4.66. The summed E-state index contributed by atoms with van der Waals surface area (Å²) in [6, 6.07) is 7.74. The summed E-state index contributed by atoms with van der Waals surface area (Å²) in [5.74, 6) is 1.59. The Balaban J connectivity index is 1.57. The molecule has 0 bridgehead atoms. The van der Waals surface area contributed by atoms with E-state index in [4.69, 9.17) is 4.74 Å². The first-order valence-corrected chi connectivity index (χ1v) is 10.4. The molecule has 1 aromatic carbocycles. The zero-order chi connectivity index (χ0) is 22.0. The molecule has 0 unspecified atom stereocenters. The van der Waals surface area contributed by atoms with Crippen molar-refractivity contribution in [2.75, 3.05) is 32.6 Å². The number of ether oxygens (including phenoxy) is 1. The highest BCUT2D eigenvalue weighted by Gasteiger charge is 2.33. The average molecular weight is 421 g/mol. The van der Waals surface area contributed by atoms with Crippen molar-refractivity contribution in [1.82, 2.24) is 25.1 Å². The van der Waals surface area contributed by atoms with E-state index in [1.807, 2.05) is 55.1 Å². The van der Waals surface area contributed by atoms with Crippen molar-refractivity contribution in [3.63, 3.8) is 0 Å². The Bertz CT molecular complexity index is 1080. The molecule has 1 saturated heterocycles. The first-order chi connectivity index (χ1) is 15.0. The molecule has 1 aliphatic rings. The number of anilines is 1. The quantitative estimate of drug-likeness (QED) is 0.659. The number of rotatable bonds is 6. The number of methoxy groups -OCH3 is 1. The van der Waals surface area contributed by atoms with Gasteiger partial charge >= 0.3 is 0 Å². The number of nitrogens with zero attached hydrogens (tertiary/aromatic N) is 5. The van der Waals surface area contributed by atoms with E-state index in [9.17, 15) is 4.79 Å². The average Bonchev–Trinajstić information content (AvgIpc) is 3.43. The van der Waals surface area contributed by atoms with Gasteiger partial charge in [-0.15, -0.1) is 0 Å². The van der Waals surface area contributed by atoms with Gasteiger partial charge in [-0.2, -0.15) is 5.10 Å². The zero-order valence-corrected chi connectivity index (χ0v) is 18.4. The topological polar surface area (TPSA) is 87.2 Å². The van der Waals surface area contributed by atoms with E-state index < -0.39 is 0 Å². The second-order valence-electron chi connectivity index (χ2n) is 8.06. The number of aromatic amines is 1. The molecule has 8 nitrogen and oxygen atoms in total. The molecular weight excluding hydrogens is 392 g/mol. The lowest BCUT2D eigenvalue weighted by atomic mass is 10.0. The maximum Gasteiger partial charge on any atom is 0.227 e. The summed E-state index contributed by atoms with van der Waals surface area (Å²) < 4.78 is 5.33. The Kier molecular flexibility index (Phi) is 5.88. The summed E-state index contributed by atoms with van der Waals surface area (Å²) in [5, 5.41) is 7.41. The zero-order valence-electron chi connectivity index (χ0n) is 18.4. The van der Waals surface area contributed by atoms with Gasteiger partial charge in [-0.05, 0) is 43.0 Å². The van der Waals surface area contributed by atoms with Crippen LogP contribution in [-0.2, 0) is 11.2 Å². The molecule has 2 aromatic heterocycles. The highest BCUT2D eigenvalue weighted by molar-refractivity contribution is 5.80. The Morgan fingerprint density at radius 1 is 1.32 bits per heavy atom. The van der Waals surface area contributed by atoms with Gasteiger partial charge in [0.2, 0.25) is 11.9 Å². The van der Waals surface area contributed by atoms with Crippen molar-refractivity contribution in [2.45, 2.75) is 32.2 Å². The van der Waals surface area contributed by atoms with Crippen molar-refractivity contribution in [3.05, 3.63) is 53.5 Å². The molecule has 1 fully saturated rings. The number of aromatic nitrogens is 4. The fourth-order valence-corrected chi connectivity index (χ4v) is 4.16. The van der Waals surface area contributed by atoms with E-state index in [1.165, 1.54) is 0 Å². The van der Waals surface area contributed by atoms with Crippen LogP contribution >= 0.6 is 0 Å². The number of H-pyrrole nitrogens is 1. The van der Waals surface area contributed by atoms with Gasteiger partial charge in [-0.3, -0.25) is 9.89 Å². The second kappa shape index (κ2) is 8.75. The summed E-state index contributed by atoms with van der Waals surface area (Å²) in [7, 11) is 5.48. The van der Waals surface area contributed by atoms with E-state index >= 15 is 0 Å². The number of benzene rings is 1. The van der Waals surface area contributed by atoms with E-state index in [0.717, 1.165) is 53.2 Å². The summed E-state index contributed by atoms with van der Waals surface area (Å²) in [4.78, 5) is 26.0. The Hall–Kier alpha value is -3.42. The lowest BCUT2D eigenvalue weighted by Crippen LogP contribution is -2.32. The highest BCUT2D eigenvalue weighted by atomic mass is 16.5. The molecule has 0 saturated carbocycles. The van der Waals surface area contributed by atoms with E-state index in [-0.39, 0.29) is 11.9 Å². The molecule has 1 N–H and O–H groups in total. The van der Waals surface area contributed by atoms with Crippen molar-refractivity contribution in [1.29, 1.82) is 0 Å². The van der Waals surface area contributed by atoms with Crippen molar-refractivity contribution < 1.29 is 9.53 Å². The molecular formula is C23H28N6O2. The molecule has 8 heteroatoms. The van der Waals surface area contributed by atoms with Crippen LogP contribution in [0.25, 0.3) is 11.3 Å². The standard InChI is InChI=1S/C23H28N6O2/c1-15-12-16(7-8-20(15)31-4)13-21(30)29-11-5-6-19(29)22-17(14-25-27-22)18-9-10-24-23(26-18)28(2)3/h7-10,12,14,19H,5-6,11,13H2,1-4H3,(H,25,27)/t19-/m1/s1. The Morgan fingerprint density at radius 2 is 2.16 bits per heavy atom. The molecule has 4 rings (SSSR count). The molecule has 162 valence electrons. The van der Waals surface area contributed by atoms with E-state index in [0.29, 0.717) is 12.4 Å². The first kappa shape index (κ1) is 20.8. The third-order valence-electron chi connectivity index (χ3n) is 5.71. The normalized spacial score (nSPS) is 15.9. The molecule has 1 amide bonds. The van der Waals surface area contributed by atoms with E-state index in [1.54, 1.807) is 19.5 Å². The van der Waals surface area contributed by atoms with Gasteiger partial charge in [0, 0.05) is 32.4 Å². The second-order valence-corrected chi connectivity index (χ2v) is 8.06. The summed E-state index contributed by atoms with van der Waals surface area (Å²) >= 11 is 0. The molecule has 1 atom stereocenters. The monoisotopic (exact) mass is 420 g/mol. The van der Waals surface area contributed by atoms with Gasteiger partial charge in [-0.1, -0.05) is 12.1 Å². The fourth-order valence-electron chi connectivity index (χ4n) is 4.16. The van der Waals surface area contributed by atoms with Crippen LogP contribution < -0.4 is 9.64 Å². The minimum absolute atomic E-state index is 0.0397. The van der Waals surface area contributed by atoms with Crippen molar-refractivity contribution in [3.8, 4) is 17.0 Å². The third kappa shape index (κ3) is 4.23. The first-order valence-electron chi connectivity index (χ1n) is 10.4. The fraction of sp³-hybridized carbons (Fsp3) is 0.391. The van der Waals surface area contributed by atoms with Crippen LogP contribution in [0.5, 0.6) is 5.75 Å². The van der Waals surface area contributed by atoms with Gasteiger partial charge in [0.05, 0.1) is 37.2 Å². The molecule has 0 radical (unpaired) electrons. The van der Waals surface area contributed by atoms with Gasteiger partial charge in [0.1, 0.15) is 5.75 Å². The van der Waals surface area contributed by atoms with Crippen LogP contribution in [0.2, 0.25) is 0 Å². The van der Waals surface area contributed by atoms with E-state index in [2.05, 4.69) is 20.2 Å². The molecule has 0 spiro atoms. The smallest absolute Gasteiger partial charge is 0.227 e. The van der Waals surface area contributed by atoms with Crippen LogP contribution in [-0.4, -0.2) is 58.7 Å². The van der Waals surface area contributed by atoms with Crippen molar-refractivity contribution >= 4 is 11.9 Å². The van der Waals surface area contributed by atoms with Crippen LogP contribution in [0.15, 0.2) is 36.7 Å². The van der Waals surface area contributed by atoms with Gasteiger partial charge in [0.15, 0.2) is 0 Å². The number of nitrogens with one attached hydrogen (secondary N) is 1. The number of carbonyl (C=O) groups is 1. The molecule has 1 aliphatic heterocycles. The van der Waals surface area contributed by atoms with Crippen LogP contribution in [0, 0.1) is 6.92 Å². The maximum absolute atomic E-state index is 13.2. The number of amides is 1. The Morgan fingerprint density at radius 3 is 2.90 bits per heavy atom. The van der Waals surface area contributed by atoms with Gasteiger partial charge in [-0.25, -0.2) is 9.97 Å². The summed E-state index contributed by atoms with van der Waals surface area (Å²) in [6.07, 6.45) is 5.75. The number of aryl methyl sites for hydroxylation is 1. The molecule has 3 aromatic rings. The predicted octanol–water partition coefficient (Wildman–Crippen LogP) is 3.16. The lowest BCUT2D eigenvalue weighted by molar-refractivity contribution is -0.131. The number of hydrogen-bond donors (Lipinski definition) is 1. The third-order valence-corrected chi connectivity index (χ3v) is 5.71. The SMILES string of the molecule is COc1ccc(CC(=O)N2CCC[C@@H]2c2[nH]ncc2-c2ccnc(N(C)C)n2)cc1C. The molecule has 31 heavy (non-hydrogen) atoms. The minimum Gasteiger partial charge on any atom is -0.496 e. The molecule has 3 heterocycles. The lowest BCUT2D eigenvalue weighted by Gasteiger charge is -2.25. The Labute approximate surface area is 182 Å². The number of hydrogen-bond acceptors (Lipinski definition) is 6. The highest BCUT2D eigenvalue weighted by Crippen LogP contribution is 2.36. The number of likely N-dealkylation sites (tertiary alicyclic amines) is 1. The summed E-state index contributed by atoms with van der Waals surface area (Å²) in [6.45, 7) is 2.73. The largest absolute Gasteiger partial charge is 0.496 e.